The highest BCUT2D eigenvalue weighted by molar-refractivity contribution is 7.99. The van der Waals surface area contributed by atoms with Crippen LogP contribution in [0.25, 0.3) is 0 Å². The van der Waals surface area contributed by atoms with Gasteiger partial charge in [0.25, 0.3) is 0 Å². The van der Waals surface area contributed by atoms with Gasteiger partial charge < -0.3 is 19.4 Å². The second-order valence-electron chi connectivity index (χ2n) is 7.49. The summed E-state index contributed by atoms with van der Waals surface area (Å²) >= 11 is 7.35. The van der Waals surface area contributed by atoms with E-state index in [2.05, 4.69) is 33.4 Å². The zero-order valence-corrected chi connectivity index (χ0v) is 18.1. The van der Waals surface area contributed by atoms with Crippen molar-refractivity contribution in [3.63, 3.8) is 0 Å². The van der Waals surface area contributed by atoms with Crippen LogP contribution in [-0.4, -0.2) is 34.3 Å². The minimum Gasteiger partial charge on any atom is -0.452 e. The summed E-state index contributed by atoms with van der Waals surface area (Å²) < 4.78 is 12.2. The van der Waals surface area contributed by atoms with Crippen molar-refractivity contribution in [3.8, 4) is 0 Å². The number of nitrogens with one attached hydrogen (secondary N) is 1. The number of thiocarbonyl (C=S) groups is 1. The van der Waals surface area contributed by atoms with E-state index < -0.39 is 0 Å². The number of rotatable bonds is 6. The van der Waals surface area contributed by atoms with Gasteiger partial charge in [0.1, 0.15) is 11.8 Å². The molecule has 5 nitrogen and oxygen atoms in total. The van der Waals surface area contributed by atoms with Gasteiger partial charge >= 0.3 is 0 Å². The molecule has 5 rings (SSSR count). The van der Waals surface area contributed by atoms with Gasteiger partial charge in [-0.3, -0.25) is 4.98 Å². The molecule has 0 unspecified atom stereocenters. The molecule has 0 amide bonds. The number of furan rings is 1. The topological polar surface area (TPSA) is 50.5 Å². The van der Waals surface area contributed by atoms with Crippen molar-refractivity contribution in [2.24, 2.45) is 0 Å². The molecular formula is C23H23N3O2S2. The molecule has 3 aromatic rings. The molecular weight excluding hydrogens is 414 g/mol. The molecule has 154 valence electrons. The third-order valence-electron chi connectivity index (χ3n) is 5.48. The number of pyridine rings is 1. The van der Waals surface area contributed by atoms with Crippen molar-refractivity contribution in [1.29, 1.82) is 0 Å². The van der Waals surface area contributed by atoms with Crippen LogP contribution in [0.1, 0.15) is 36.4 Å². The fourth-order valence-electron chi connectivity index (χ4n) is 4.07. The lowest BCUT2D eigenvalue weighted by atomic mass is 10.0. The van der Waals surface area contributed by atoms with Gasteiger partial charge in [0.05, 0.1) is 17.8 Å². The standard InChI is InChI=1S/C23H23N3O2S2/c29-23-25-21(18-10-4-5-13-24-18)22(26(23)15-16-7-6-14-27-16)19-11-12-20(28-19)30-17-8-2-1-3-9-17/h1-5,8-13,16,21-22H,6-7,14-15H2,(H,25,29)/t16-,21-,22-/m0/s1. The van der Waals surface area contributed by atoms with E-state index >= 15 is 0 Å². The number of aromatic nitrogens is 1. The zero-order valence-electron chi connectivity index (χ0n) is 16.4. The maximum atomic E-state index is 6.32. The Balaban J connectivity index is 1.45. The lowest BCUT2D eigenvalue weighted by Crippen LogP contribution is -2.36. The van der Waals surface area contributed by atoms with E-state index in [0.717, 1.165) is 52.5 Å². The highest BCUT2D eigenvalue weighted by atomic mass is 32.2. The van der Waals surface area contributed by atoms with Crippen molar-refractivity contribution in [2.75, 3.05) is 13.2 Å². The molecule has 2 saturated heterocycles. The predicted molar refractivity (Wildman–Crippen MR) is 120 cm³/mol. The Morgan fingerprint density at radius 2 is 1.97 bits per heavy atom. The SMILES string of the molecule is S=C1N[C@@H](c2ccccn2)[C@H](c2ccc(Sc3ccccc3)o2)N1C[C@@H]1CCCO1. The number of ether oxygens (including phenoxy) is 1. The number of hydrogen-bond donors (Lipinski definition) is 1. The van der Waals surface area contributed by atoms with E-state index in [9.17, 15) is 0 Å². The molecule has 0 aliphatic carbocycles. The molecule has 3 atom stereocenters. The minimum atomic E-state index is -0.0687. The van der Waals surface area contributed by atoms with E-state index in [-0.39, 0.29) is 18.2 Å². The molecule has 7 heteroatoms. The van der Waals surface area contributed by atoms with Crippen LogP contribution in [-0.2, 0) is 4.74 Å². The Kier molecular flexibility index (Phi) is 5.75. The van der Waals surface area contributed by atoms with Crippen LogP contribution in [0.5, 0.6) is 0 Å². The molecule has 30 heavy (non-hydrogen) atoms. The first kappa shape index (κ1) is 19.6. The Labute approximate surface area is 185 Å². The van der Waals surface area contributed by atoms with Crippen molar-refractivity contribution in [3.05, 3.63) is 78.3 Å². The fraction of sp³-hybridized carbons (Fsp3) is 0.304. The zero-order chi connectivity index (χ0) is 20.3. The number of nitrogens with zero attached hydrogens (tertiary/aromatic N) is 2. The van der Waals surface area contributed by atoms with Crippen LogP contribution >= 0.6 is 24.0 Å². The fourth-order valence-corrected chi connectivity index (χ4v) is 5.19. The van der Waals surface area contributed by atoms with E-state index in [1.165, 1.54) is 0 Å². The van der Waals surface area contributed by atoms with E-state index in [0.29, 0.717) is 0 Å². The maximum absolute atomic E-state index is 6.32. The average molecular weight is 438 g/mol. The minimum absolute atomic E-state index is 0.0678. The van der Waals surface area contributed by atoms with Crippen LogP contribution in [0.15, 0.2) is 81.3 Å². The summed E-state index contributed by atoms with van der Waals surface area (Å²) in [5, 5.41) is 5.06. The molecule has 1 N–H and O–H groups in total. The molecule has 2 aliphatic rings. The van der Waals surface area contributed by atoms with Gasteiger partial charge in [-0.2, -0.15) is 0 Å². The van der Waals surface area contributed by atoms with Crippen LogP contribution < -0.4 is 5.32 Å². The quantitative estimate of drug-likeness (QED) is 0.546. The van der Waals surface area contributed by atoms with E-state index in [1.807, 2.05) is 48.7 Å². The van der Waals surface area contributed by atoms with Crippen LogP contribution in [0, 0.1) is 0 Å². The number of hydrogen-bond acceptors (Lipinski definition) is 5. The van der Waals surface area contributed by atoms with Gasteiger partial charge in [0, 0.05) is 24.2 Å². The first-order chi connectivity index (χ1) is 14.8. The van der Waals surface area contributed by atoms with Crippen molar-refractivity contribution >= 4 is 29.1 Å². The summed E-state index contributed by atoms with van der Waals surface area (Å²) in [6.45, 7) is 1.58. The largest absolute Gasteiger partial charge is 0.452 e. The Hall–Kier alpha value is -2.35. The normalized spacial score (nSPS) is 23.7. The number of benzene rings is 1. The van der Waals surface area contributed by atoms with Gasteiger partial charge in [-0.05, 0) is 61.5 Å². The van der Waals surface area contributed by atoms with Crippen LogP contribution in [0.4, 0.5) is 0 Å². The van der Waals surface area contributed by atoms with Gasteiger partial charge in [-0.1, -0.05) is 36.0 Å². The summed E-state index contributed by atoms with van der Waals surface area (Å²) in [4.78, 5) is 7.94. The summed E-state index contributed by atoms with van der Waals surface area (Å²) in [5.74, 6) is 0.884. The Morgan fingerprint density at radius 3 is 2.73 bits per heavy atom. The Bertz CT molecular complexity index is 990. The Morgan fingerprint density at radius 1 is 1.10 bits per heavy atom. The third-order valence-corrected chi connectivity index (χ3v) is 6.76. The third kappa shape index (κ3) is 4.10. The molecule has 2 aromatic heterocycles. The van der Waals surface area contributed by atoms with Crippen LogP contribution in [0.2, 0.25) is 0 Å². The van der Waals surface area contributed by atoms with Gasteiger partial charge in [0.2, 0.25) is 0 Å². The second kappa shape index (κ2) is 8.79. The summed E-state index contributed by atoms with van der Waals surface area (Å²) in [5.41, 5.74) is 0.952. The van der Waals surface area contributed by atoms with E-state index in [4.69, 9.17) is 21.4 Å². The molecule has 2 aliphatic heterocycles. The summed E-state index contributed by atoms with van der Waals surface area (Å²) in [6, 6.07) is 20.2. The first-order valence-corrected chi connectivity index (χ1v) is 11.4. The molecule has 1 aromatic carbocycles. The molecule has 4 heterocycles. The van der Waals surface area contributed by atoms with Crippen molar-refractivity contribution in [2.45, 2.75) is 41.0 Å². The lowest BCUT2D eigenvalue weighted by molar-refractivity contribution is 0.0812. The van der Waals surface area contributed by atoms with Crippen LogP contribution in [0.3, 0.4) is 0 Å². The molecule has 0 spiro atoms. The highest BCUT2D eigenvalue weighted by Crippen LogP contribution is 2.41. The first-order valence-electron chi connectivity index (χ1n) is 10.2. The van der Waals surface area contributed by atoms with Crippen molar-refractivity contribution < 1.29 is 9.15 Å². The molecule has 0 radical (unpaired) electrons. The second-order valence-corrected chi connectivity index (χ2v) is 8.95. The van der Waals surface area contributed by atoms with Gasteiger partial charge in [0.15, 0.2) is 10.2 Å². The van der Waals surface area contributed by atoms with E-state index in [1.54, 1.807) is 11.8 Å². The summed E-state index contributed by atoms with van der Waals surface area (Å²) in [6.07, 6.45) is 4.18. The predicted octanol–water partition coefficient (Wildman–Crippen LogP) is 4.98. The van der Waals surface area contributed by atoms with Crippen molar-refractivity contribution in [1.82, 2.24) is 15.2 Å². The summed E-state index contributed by atoms with van der Waals surface area (Å²) in [7, 11) is 0. The average Bonchev–Trinajstić information content (AvgIpc) is 3.52. The molecule has 2 fully saturated rings. The van der Waals surface area contributed by atoms with Gasteiger partial charge in [-0.15, -0.1) is 0 Å². The smallest absolute Gasteiger partial charge is 0.170 e. The monoisotopic (exact) mass is 437 g/mol. The lowest BCUT2D eigenvalue weighted by Gasteiger charge is -2.28. The highest BCUT2D eigenvalue weighted by Gasteiger charge is 2.42. The molecule has 0 saturated carbocycles. The maximum Gasteiger partial charge on any atom is 0.170 e. The molecule has 0 bridgehead atoms. The van der Waals surface area contributed by atoms with Gasteiger partial charge in [-0.25, -0.2) is 0 Å².